The maximum atomic E-state index is 5.97. The summed E-state index contributed by atoms with van der Waals surface area (Å²) in [7, 11) is 1.72. The van der Waals surface area contributed by atoms with Crippen molar-refractivity contribution >= 4 is 0 Å². The lowest BCUT2D eigenvalue weighted by atomic mass is 9.96. The van der Waals surface area contributed by atoms with Gasteiger partial charge in [0.05, 0.1) is 7.11 Å². The maximum Gasteiger partial charge on any atom is 0.122 e. The third-order valence-electron chi connectivity index (χ3n) is 2.94. The van der Waals surface area contributed by atoms with Crippen molar-refractivity contribution < 1.29 is 4.74 Å². The van der Waals surface area contributed by atoms with Gasteiger partial charge in [-0.1, -0.05) is 32.9 Å². The lowest BCUT2D eigenvalue weighted by Crippen LogP contribution is -2.21. The lowest BCUT2D eigenvalue weighted by Gasteiger charge is -2.15. The van der Waals surface area contributed by atoms with Gasteiger partial charge in [0.25, 0.3) is 0 Å². The molecule has 2 heteroatoms. The number of rotatable bonds is 5. The zero-order chi connectivity index (χ0) is 12.1. The van der Waals surface area contributed by atoms with Crippen molar-refractivity contribution in [1.82, 2.24) is 0 Å². The van der Waals surface area contributed by atoms with E-state index in [0.29, 0.717) is 5.92 Å². The minimum atomic E-state index is 0.258. The first-order chi connectivity index (χ1) is 7.58. The SMILES string of the molecule is CCC(N)Cc1ccc(OC)c(C(C)C)c1. The molecule has 90 valence electrons. The lowest BCUT2D eigenvalue weighted by molar-refractivity contribution is 0.407. The Morgan fingerprint density at radius 1 is 1.31 bits per heavy atom. The average Bonchev–Trinajstić information content (AvgIpc) is 2.28. The second-order valence-corrected chi connectivity index (χ2v) is 4.60. The molecule has 0 aromatic heterocycles. The van der Waals surface area contributed by atoms with Crippen molar-refractivity contribution in [2.75, 3.05) is 7.11 Å². The Balaban J connectivity index is 2.93. The van der Waals surface area contributed by atoms with Gasteiger partial charge < -0.3 is 10.5 Å². The normalized spacial score (nSPS) is 12.9. The van der Waals surface area contributed by atoms with Crippen LogP contribution in [0.15, 0.2) is 18.2 Å². The van der Waals surface area contributed by atoms with E-state index in [1.54, 1.807) is 7.11 Å². The third-order valence-corrected chi connectivity index (χ3v) is 2.94. The molecule has 2 nitrogen and oxygen atoms in total. The van der Waals surface area contributed by atoms with Crippen molar-refractivity contribution in [1.29, 1.82) is 0 Å². The largest absolute Gasteiger partial charge is 0.496 e. The maximum absolute atomic E-state index is 5.97. The first-order valence-corrected chi connectivity index (χ1v) is 6.00. The van der Waals surface area contributed by atoms with E-state index in [4.69, 9.17) is 10.5 Å². The van der Waals surface area contributed by atoms with Crippen molar-refractivity contribution in [3.05, 3.63) is 29.3 Å². The van der Waals surface area contributed by atoms with Crippen LogP contribution in [0, 0.1) is 0 Å². The Hall–Kier alpha value is -1.02. The van der Waals surface area contributed by atoms with Crippen LogP contribution >= 0.6 is 0 Å². The van der Waals surface area contributed by atoms with E-state index >= 15 is 0 Å². The van der Waals surface area contributed by atoms with E-state index in [2.05, 4.69) is 32.9 Å². The summed E-state index contributed by atoms with van der Waals surface area (Å²) in [5.41, 5.74) is 8.54. The first-order valence-electron chi connectivity index (χ1n) is 6.00. The fraction of sp³-hybridized carbons (Fsp3) is 0.571. The summed E-state index contributed by atoms with van der Waals surface area (Å²) in [6, 6.07) is 6.64. The Kier molecular flexibility index (Phi) is 4.81. The zero-order valence-corrected chi connectivity index (χ0v) is 10.8. The number of benzene rings is 1. The van der Waals surface area contributed by atoms with Crippen LogP contribution in [0.1, 0.15) is 44.2 Å². The minimum Gasteiger partial charge on any atom is -0.496 e. The molecular formula is C14H23NO. The van der Waals surface area contributed by atoms with Crippen LogP contribution in [0.3, 0.4) is 0 Å². The van der Waals surface area contributed by atoms with Crippen LogP contribution < -0.4 is 10.5 Å². The molecule has 0 amide bonds. The molecule has 0 aliphatic heterocycles. The molecular weight excluding hydrogens is 198 g/mol. The van der Waals surface area contributed by atoms with Gasteiger partial charge >= 0.3 is 0 Å². The van der Waals surface area contributed by atoms with Crippen molar-refractivity contribution in [2.24, 2.45) is 5.73 Å². The monoisotopic (exact) mass is 221 g/mol. The van der Waals surface area contributed by atoms with Gasteiger partial charge in [-0.15, -0.1) is 0 Å². The second-order valence-electron chi connectivity index (χ2n) is 4.60. The summed E-state index contributed by atoms with van der Waals surface area (Å²) in [5.74, 6) is 1.46. The zero-order valence-electron chi connectivity index (χ0n) is 10.8. The van der Waals surface area contributed by atoms with Gasteiger partial charge in [0.15, 0.2) is 0 Å². The molecule has 0 aliphatic carbocycles. The Labute approximate surface area is 98.8 Å². The van der Waals surface area contributed by atoms with E-state index in [-0.39, 0.29) is 6.04 Å². The predicted octanol–water partition coefficient (Wildman–Crippen LogP) is 3.10. The van der Waals surface area contributed by atoms with Crippen LogP contribution in [0.2, 0.25) is 0 Å². The fourth-order valence-electron chi connectivity index (χ4n) is 1.81. The molecule has 16 heavy (non-hydrogen) atoms. The molecule has 1 aromatic rings. The van der Waals surface area contributed by atoms with Gasteiger partial charge in [-0.25, -0.2) is 0 Å². The van der Waals surface area contributed by atoms with Gasteiger partial charge in [-0.05, 0) is 36.0 Å². The van der Waals surface area contributed by atoms with E-state index in [1.165, 1.54) is 11.1 Å². The second kappa shape index (κ2) is 5.90. The summed E-state index contributed by atoms with van der Waals surface area (Å²) in [5, 5.41) is 0. The molecule has 1 rings (SSSR count). The van der Waals surface area contributed by atoms with Crippen molar-refractivity contribution in [3.63, 3.8) is 0 Å². The molecule has 1 unspecified atom stereocenters. The van der Waals surface area contributed by atoms with E-state index in [9.17, 15) is 0 Å². The molecule has 0 fully saturated rings. The Bertz CT molecular complexity index is 334. The number of hydrogen-bond acceptors (Lipinski definition) is 2. The standard InChI is InChI=1S/C14H23NO/c1-5-12(15)8-11-6-7-14(16-4)13(9-11)10(2)3/h6-7,9-10,12H,5,8,15H2,1-4H3. The molecule has 0 aliphatic rings. The van der Waals surface area contributed by atoms with Gasteiger partial charge in [-0.3, -0.25) is 0 Å². The van der Waals surface area contributed by atoms with Crippen LogP contribution in [0.5, 0.6) is 5.75 Å². The number of hydrogen-bond donors (Lipinski definition) is 1. The van der Waals surface area contributed by atoms with Gasteiger partial charge in [-0.2, -0.15) is 0 Å². The molecule has 1 aromatic carbocycles. The van der Waals surface area contributed by atoms with E-state index in [0.717, 1.165) is 18.6 Å². The summed E-state index contributed by atoms with van der Waals surface area (Å²) >= 11 is 0. The smallest absolute Gasteiger partial charge is 0.122 e. The highest BCUT2D eigenvalue weighted by atomic mass is 16.5. The van der Waals surface area contributed by atoms with Gasteiger partial charge in [0.1, 0.15) is 5.75 Å². The van der Waals surface area contributed by atoms with E-state index in [1.807, 2.05) is 6.07 Å². The Morgan fingerprint density at radius 3 is 2.50 bits per heavy atom. The molecule has 1 atom stereocenters. The molecule has 0 saturated heterocycles. The first kappa shape index (κ1) is 13.0. The van der Waals surface area contributed by atoms with Gasteiger partial charge in [0, 0.05) is 6.04 Å². The summed E-state index contributed by atoms with van der Waals surface area (Å²) < 4.78 is 5.36. The minimum absolute atomic E-state index is 0.258. The quantitative estimate of drug-likeness (QED) is 0.829. The number of methoxy groups -OCH3 is 1. The van der Waals surface area contributed by atoms with Gasteiger partial charge in [0.2, 0.25) is 0 Å². The van der Waals surface area contributed by atoms with Crippen LogP contribution in [0.25, 0.3) is 0 Å². The molecule has 2 N–H and O–H groups in total. The molecule has 0 heterocycles. The predicted molar refractivity (Wildman–Crippen MR) is 69.1 cm³/mol. The molecule has 0 bridgehead atoms. The van der Waals surface area contributed by atoms with Crippen molar-refractivity contribution in [3.8, 4) is 5.75 Å². The highest BCUT2D eigenvalue weighted by molar-refractivity contribution is 5.39. The number of nitrogens with two attached hydrogens (primary N) is 1. The van der Waals surface area contributed by atoms with E-state index < -0.39 is 0 Å². The highest BCUT2D eigenvalue weighted by Crippen LogP contribution is 2.27. The van der Waals surface area contributed by atoms with Crippen LogP contribution in [-0.4, -0.2) is 13.2 Å². The molecule has 0 spiro atoms. The average molecular weight is 221 g/mol. The third kappa shape index (κ3) is 3.24. The van der Waals surface area contributed by atoms with Crippen LogP contribution in [-0.2, 0) is 6.42 Å². The summed E-state index contributed by atoms with van der Waals surface area (Å²) in [4.78, 5) is 0. The number of ether oxygens (including phenoxy) is 1. The van der Waals surface area contributed by atoms with Crippen molar-refractivity contribution in [2.45, 2.75) is 45.6 Å². The summed E-state index contributed by atoms with van der Waals surface area (Å²) in [6.07, 6.45) is 1.96. The molecule has 0 saturated carbocycles. The topological polar surface area (TPSA) is 35.2 Å². The molecule has 0 radical (unpaired) electrons. The fourth-order valence-corrected chi connectivity index (χ4v) is 1.81. The Morgan fingerprint density at radius 2 is 2.00 bits per heavy atom. The highest BCUT2D eigenvalue weighted by Gasteiger charge is 2.09. The summed E-state index contributed by atoms with van der Waals surface area (Å²) in [6.45, 7) is 6.49. The van der Waals surface area contributed by atoms with Crippen LogP contribution in [0.4, 0.5) is 0 Å².